The Kier molecular flexibility index (Phi) is 3.77. The highest BCUT2D eigenvalue weighted by atomic mass is 35.5. The van der Waals surface area contributed by atoms with Crippen molar-refractivity contribution in [3.05, 3.63) is 58.9 Å². The summed E-state index contributed by atoms with van der Waals surface area (Å²) in [5.41, 5.74) is 0.520. The fraction of sp³-hybridized carbons (Fsp3) is 0.154. The lowest BCUT2D eigenvalue weighted by Crippen LogP contribution is -2.11. The van der Waals surface area contributed by atoms with Crippen LogP contribution in [0.5, 0.6) is 0 Å². The average molecular weight is 269 g/mol. The molecule has 1 atom stereocenters. The lowest BCUT2D eigenvalue weighted by atomic mass is 10.1. The predicted octanol–water partition coefficient (Wildman–Crippen LogP) is 4.19. The highest BCUT2D eigenvalue weighted by molar-refractivity contribution is 6.31. The topological polar surface area (TPSA) is 24.9 Å². The third-order valence-electron chi connectivity index (χ3n) is 2.56. The highest BCUT2D eigenvalue weighted by Gasteiger charge is 2.16. The Hall–Kier alpha value is -1.68. The molecule has 0 amide bonds. The van der Waals surface area contributed by atoms with E-state index in [0.29, 0.717) is 5.69 Å². The quantitative estimate of drug-likeness (QED) is 0.845. The molecule has 0 aliphatic heterocycles. The van der Waals surface area contributed by atoms with Gasteiger partial charge in [-0.15, -0.1) is 0 Å². The van der Waals surface area contributed by atoms with Gasteiger partial charge in [0.05, 0.1) is 11.7 Å². The van der Waals surface area contributed by atoms with Crippen LogP contribution in [0.2, 0.25) is 5.15 Å². The number of hydrogen-bond donors (Lipinski definition) is 1. The van der Waals surface area contributed by atoms with Gasteiger partial charge in [0.15, 0.2) is 5.15 Å². The Labute approximate surface area is 109 Å². The fourth-order valence-electron chi connectivity index (χ4n) is 1.72. The third kappa shape index (κ3) is 2.59. The number of aromatic nitrogens is 1. The molecule has 2 aromatic rings. The average Bonchev–Trinajstić information content (AvgIpc) is 2.32. The highest BCUT2D eigenvalue weighted by Crippen LogP contribution is 2.26. The van der Waals surface area contributed by atoms with Gasteiger partial charge in [0.1, 0.15) is 11.6 Å². The van der Waals surface area contributed by atoms with Crippen LogP contribution in [0, 0.1) is 11.6 Å². The minimum atomic E-state index is -0.588. The van der Waals surface area contributed by atoms with Crippen LogP contribution in [-0.2, 0) is 0 Å². The SMILES string of the molecule is CC(Nc1cccnc1Cl)c1c(F)cccc1F. The number of rotatable bonds is 3. The standard InChI is InChI=1S/C13H11ClF2N2/c1-8(12-9(15)4-2-5-10(12)16)18-11-6-3-7-17-13(11)14/h2-8,18H,1H3. The molecule has 0 spiro atoms. The molecular formula is C13H11ClF2N2. The normalized spacial score (nSPS) is 12.2. The Bertz CT molecular complexity index is 540. The molecule has 0 radical (unpaired) electrons. The van der Waals surface area contributed by atoms with Gasteiger partial charge in [-0.3, -0.25) is 0 Å². The van der Waals surface area contributed by atoms with Crippen LogP contribution in [-0.4, -0.2) is 4.98 Å². The number of nitrogens with one attached hydrogen (secondary N) is 1. The molecule has 0 aliphatic carbocycles. The number of halogens is 3. The molecular weight excluding hydrogens is 258 g/mol. The molecule has 1 aromatic heterocycles. The van der Waals surface area contributed by atoms with Crippen LogP contribution < -0.4 is 5.32 Å². The summed E-state index contributed by atoms with van der Waals surface area (Å²) in [6.07, 6.45) is 1.54. The van der Waals surface area contributed by atoms with E-state index in [4.69, 9.17) is 11.6 Å². The van der Waals surface area contributed by atoms with Gasteiger partial charge in [-0.25, -0.2) is 13.8 Å². The van der Waals surface area contributed by atoms with E-state index in [1.54, 1.807) is 25.3 Å². The largest absolute Gasteiger partial charge is 0.376 e. The van der Waals surface area contributed by atoms with Gasteiger partial charge in [0, 0.05) is 11.8 Å². The molecule has 0 bridgehead atoms. The van der Waals surface area contributed by atoms with Crippen LogP contribution in [0.3, 0.4) is 0 Å². The molecule has 0 aliphatic rings. The van der Waals surface area contributed by atoms with Crippen molar-refractivity contribution in [3.8, 4) is 0 Å². The van der Waals surface area contributed by atoms with E-state index < -0.39 is 17.7 Å². The Morgan fingerprint density at radius 3 is 2.44 bits per heavy atom. The van der Waals surface area contributed by atoms with E-state index in [9.17, 15) is 8.78 Å². The molecule has 1 unspecified atom stereocenters. The van der Waals surface area contributed by atoms with Crippen LogP contribution in [0.25, 0.3) is 0 Å². The van der Waals surface area contributed by atoms with E-state index in [1.807, 2.05) is 0 Å². The number of anilines is 1. The number of hydrogen-bond acceptors (Lipinski definition) is 2. The number of benzene rings is 1. The number of pyridine rings is 1. The first-order valence-electron chi connectivity index (χ1n) is 5.40. The zero-order chi connectivity index (χ0) is 13.1. The smallest absolute Gasteiger partial charge is 0.152 e. The van der Waals surface area contributed by atoms with E-state index in [1.165, 1.54) is 18.2 Å². The lowest BCUT2D eigenvalue weighted by molar-refractivity contribution is 0.544. The fourth-order valence-corrected chi connectivity index (χ4v) is 1.90. The summed E-state index contributed by atoms with van der Waals surface area (Å²) in [7, 11) is 0. The monoisotopic (exact) mass is 268 g/mol. The first kappa shape index (κ1) is 12.8. The van der Waals surface area contributed by atoms with Crippen molar-refractivity contribution >= 4 is 17.3 Å². The minimum absolute atomic E-state index is 0.0163. The molecule has 2 rings (SSSR count). The summed E-state index contributed by atoms with van der Waals surface area (Å²) in [6.45, 7) is 1.66. The summed E-state index contributed by atoms with van der Waals surface area (Å²) in [5, 5.41) is 3.20. The van der Waals surface area contributed by atoms with Crippen molar-refractivity contribution in [2.75, 3.05) is 5.32 Å². The molecule has 5 heteroatoms. The second-order valence-electron chi connectivity index (χ2n) is 3.84. The van der Waals surface area contributed by atoms with Crippen LogP contribution in [0.1, 0.15) is 18.5 Å². The zero-order valence-electron chi connectivity index (χ0n) is 9.62. The Morgan fingerprint density at radius 1 is 1.17 bits per heavy atom. The molecule has 0 saturated carbocycles. The van der Waals surface area contributed by atoms with Gasteiger partial charge in [-0.2, -0.15) is 0 Å². The Balaban J connectivity index is 2.28. The van der Waals surface area contributed by atoms with Gasteiger partial charge in [0.25, 0.3) is 0 Å². The first-order chi connectivity index (χ1) is 8.59. The van der Waals surface area contributed by atoms with Crippen LogP contribution in [0.4, 0.5) is 14.5 Å². The van der Waals surface area contributed by atoms with Crippen LogP contribution >= 0.6 is 11.6 Å². The lowest BCUT2D eigenvalue weighted by Gasteiger charge is -2.17. The summed E-state index contributed by atoms with van der Waals surface area (Å²) >= 11 is 5.87. The van der Waals surface area contributed by atoms with Gasteiger partial charge in [0.2, 0.25) is 0 Å². The summed E-state index contributed by atoms with van der Waals surface area (Å²) in [6, 6.07) is 6.62. The predicted molar refractivity (Wildman–Crippen MR) is 67.6 cm³/mol. The van der Waals surface area contributed by atoms with Crippen LogP contribution in [0.15, 0.2) is 36.5 Å². The maximum atomic E-state index is 13.6. The van der Waals surface area contributed by atoms with Crippen molar-refractivity contribution in [2.24, 2.45) is 0 Å². The van der Waals surface area contributed by atoms with E-state index >= 15 is 0 Å². The van der Waals surface area contributed by atoms with E-state index in [0.717, 1.165) is 0 Å². The van der Waals surface area contributed by atoms with E-state index in [-0.39, 0.29) is 10.7 Å². The summed E-state index contributed by atoms with van der Waals surface area (Å²) < 4.78 is 27.2. The Morgan fingerprint density at radius 2 is 1.83 bits per heavy atom. The maximum absolute atomic E-state index is 13.6. The van der Waals surface area contributed by atoms with Crippen molar-refractivity contribution < 1.29 is 8.78 Å². The number of nitrogens with zero attached hydrogens (tertiary/aromatic N) is 1. The second-order valence-corrected chi connectivity index (χ2v) is 4.20. The molecule has 0 saturated heterocycles. The second kappa shape index (κ2) is 5.31. The first-order valence-corrected chi connectivity index (χ1v) is 5.78. The molecule has 94 valence electrons. The third-order valence-corrected chi connectivity index (χ3v) is 2.87. The minimum Gasteiger partial charge on any atom is -0.376 e. The maximum Gasteiger partial charge on any atom is 0.152 e. The van der Waals surface area contributed by atoms with Gasteiger partial charge < -0.3 is 5.32 Å². The van der Waals surface area contributed by atoms with Crippen molar-refractivity contribution in [1.82, 2.24) is 4.98 Å². The summed E-state index contributed by atoms with van der Waals surface area (Å²) in [4.78, 5) is 3.89. The van der Waals surface area contributed by atoms with Gasteiger partial charge in [-0.1, -0.05) is 17.7 Å². The van der Waals surface area contributed by atoms with Crippen molar-refractivity contribution in [2.45, 2.75) is 13.0 Å². The molecule has 18 heavy (non-hydrogen) atoms. The van der Waals surface area contributed by atoms with Gasteiger partial charge >= 0.3 is 0 Å². The van der Waals surface area contributed by atoms with Gasteiger partial charge in [-0.05, 0) is 31.2 Å². The molecule has 0 fully saturated rings. The summed E-state index contributed by atoms with van der Waals surface area (Å²) in [5.74, 6) is -1.18. The zero-order valence-corrected chi connectivity index (χ0v) is 10.4. The molecule has 1 N–H and O–H groups in total. The van der Waals surface area contributed by atoms with E-state index in [2.05, 4.69) is 10.3 Å². The molecule has 2 nitrogen and oxygen atoms in total. The molecule has 1 aromatic carbocycles. The van der Waals surface area contributed by atoms with Crippen molar-refractivity contribution in [1.29, 1.82) is 0 Å². The molecule has 1 heterocycles. The van der Waals surface area contributed by atoms with Crippen molar-refractivity contribution in [3.63, 3.8) is 0 Å².